The van der Waals surface area contributed by atoms with E-state index in [0.717, 1.165) is 5.56 Å². The second-order valence-corrected chi connectivity index (χ2v) is 7.61. The first kappa shape index (κ1) is 18.5. The number of phenolic OH excluding ortho intramolecular Hbond substituents is 1. The molecular formula is C18H13IN2O4S. The van der Waals surface area contributed by atoms with E-state index in [-0.39, 0.29) is 17.2 Å². The van der Waals surface area contributed by atoms with Gasteiger partial charge in [-0.05, 0) is 76.3 Å². The molecule has 0 atom stereocenters. The Morgan fingerprint density at radius 3 is 2.73 bits per heavy atom. The third-order valence-electron chi connectivity index (χ3n) is 3.59. The van der Waals surface area contributed by atoms with E-state index in [0.29, 0.717) is 19.3 Å². The average molecular weight is 480 g/mol. The van der Waals surface area contributed by atoms with E-state index in [1.54, 1.807) is 43.5 Å². The van der Waals surface area contributed by atoms with Crippen LogP contribution in [0.1, 0.15) is 15.9 Å². The minimum atomic E-state index is -1.03. The van der Waals surface area contributed by atoms with Crippen molar-refractivity contribution in [2.24, 2.45) is 4.99 Å². The van der Waals surface area contributed by atoms with Gasteiger partial charge in [0.1, 0.15) is 5.75 Å². The summed E-state index contributed by atoms with van der Waals surface area (Å²) >= 11 is 3.24. The Morgan fingerprint density at radius 1 is 1.27 bits per heavy atom. The van der Waals surface area contributed by atoms with Crippen molar-refractivity contribution in [3.63, 3.8) is 0 Å². The molecule has 8 heteroatoms. The Hall–Kier alpha value is -2.33. The molecule has 1 saturated heterocycles. The zero-order chi connectivity index (χ0) is 18.8. The first-order valence-electron chi connectivity index (χ1n) is 7.43. The quantitative estimate of drug-likeness (QED) is 0.514. The molecule has 1 aliphatic heterocycles. The largest absolute Gasteiger partial charge is 0.507 e. The summed E-state index contributed by atoms with van der Waals surface area (Å²) < 4.78 is 0.695. The van der Waals surface area contributed by atoms with Crippen LogP contribution in [0.2, 0.25) is 0 Å². The maximum absolute atomic E-state index is 12.4. The van der Waals surface area contributed by atoms with Crippen LogP contribution in [-0.4, -0.2) is 39.2 Å². The van der Waals surface area contributed by atoms with Gasteiger partial charge in [0.25, 0.3) is 5.91 Å². The number of nitrogens with zero attached hydrogens (tertiary/aromatic N) is 2. The number of aliphatic imine (C=N–C) groups is 1. The minimum Gasteiger partial charge on any atom is -0.507 e. The van der Waals surface area contributed by atoms with Gasteiger partial charge in [0.2, 0.25) is 0 Å². The molecule has 1 aliphatic rings. The highest BCUT2D eigenvalue weighted by atomic mass is 127. The lowest BCUT2D eigenvalue weighted by molar-refractivity contribution is -0.121. The van der Waals surface area contributed by atoms with Crippen LogP contribution in [-0.2, 0) is 4.79 Å². The summed E-state index contributed by atoms with van der Waals surface area (Å²) in [7, 11) is 1.62. The summed E-state index contributed by atoms with van der Waals surface area (Å²) in [4.78, 5) is 29.8. The number of carbonyl (C=O) groups excluding carboxylic acids is 1. The van der Waals surface area contributed by atoms with E-state index < -0.39 is 5.97 Å². The van der Waals surface area contributed by atoms with Gasteiger partial charge < -0.3 is 10.2 Å². The number of benzene rings is 2. The summed E-state index contributed by atoms with van der Waals surface area (Å²) in [6.07, 6.45) is 1.74. The Bertz CT molecular complexity index is 971. The highest BCUT2D eigenvalue weighted by Crippen LogP contribution is 2.34. The number of hydrogen-bond acceptors (Lipinski definition) is 5. The highest BCUT2D eigenvalue weighted by Gasteiger charge is 2.30. The number of halogens is 1. The van der Waals surface area contributed by atoms with Gasteiger partial charge in [-0.2, -0.15) is 0 Å². The molecule has 0 spiro atoms. The third-order valence-corrected chi connectivity index (χ3v) is 5.52. The maximum atomic E-state index is 12.4. The molecule has 1 amide bonds. The van der Waals surface area contributed by atoms with Gasteiger partial charge >= 0.3 is 5.97 Å². The Labute approximate surface area is 167 Å². The van der Waals surface area contributed by atoms with Crippen molar-refractivity contribution in [2.45, 2.75) is 0 Å². The van der Waals surface area contributed by atoms with Crippen molar-refractivity contribution < 1.29 is 19.8 Å². The number of rotatable bonds is 3. The molecule has 1 fully saturated rings. The average Bonchev–Trinajstić information content (AvgIpc) is 2.86. The van der Waals surface area contributed by atoms with Gasteiger partial charge in [-0.25, -0.2) is 9.79 Å². The van der Waals surface area contributed by atoms with Crippen LogP contribution < -0.4 is 0 Å². The van der Waals surface area contributed by atoms with Crippen LogP contribution >= 0.6 is 34.4 Å². The van der Waals surface area contributed by atoms with E-state index in [4.69, 9.17) is 5.11 Å². The zero-order valence-electron chi connectivity index (χ0n) is 13.5. The van der Waals surface area contributed by atoms with Crippen molar-refractivity contribution in [3.8, 4) is 5.75 Å². The van der Waals surface area contributed by atoms with Crippen molar-refractivity contribution in [2.75, 3.05) is 7.05 Å². The monoisotopic (exact) mass is 480 g/mol. The van der Waals surface area contributed by atoms with Crippen molar-refractivity contribution in [1.82, 2.24) is 4.90 Å². The lowest BCUT2D eigenvalue weighted by Crippen LogP contribution is -2.23. The minimum absolute atomic E-state index is 0.137. The SMILES string of the molecule is CN1C(=O)/C(=C\c2ccc(O)c(I)c2)SC1=Nc1cccc(C(=O)O)c1. The van der Waals surface area contributed by atoms with E-state index in [9.17, 15) is 14.7 Å². The van der Waals surface area contributed by atoms with E-state index in [2.05, 4.69) is 4.99 Å². The number of aromatic carboxylic acids is 1. The molecule has 0 saturated carbocycles. The molecule has 26 heavy (non-hydrogen) atoms. The second kappa shape index (κ2) is 7.50. The summed E-state index contributed by atoms with van der Waals surface area (Å²) in [6.45, 7) is 0. The molecule has 2 aromatic rings. The van der Waals surface area contributed by atoms with Crippen molar-refractivity contribution >= 4 is 63.2 Å². The normalized spacial score (nSPS) is 17.3. The van der Waals surface area contributed by atoms with Crippen LogP contribution in [0.3, 0.4) is 0 Å². The molecule has 3 rings (SSSR count). The van der Waals surface area contributed by atoms with Crippen LogP contribution in [0.5, 0.6) is 5.75 Å². The standard InChI is InChI=1S/C18H13IN2O4S/c1-21-16(23)15(8-10-5-6-14(22)13(19)7-10)26-18(21)20-12-4-2-3-11(9-12)17(24)25/h2-9,22H,1H3,(H,24,25)/b15-8+,20-18?. The van der Waals surface area contributed by atoms with E-state index in [1.165, 1.54) is 28.8 Å². The maximum Gasteiger partial charge on any atom is 0.335 e. The summed E-state index contributed by atoms with van der Waals surface area (Å²) in [5.74, 6) is -1.03. The predicted molar refractivity (Wildman–Crippen MR) is 110 cm³/mol. The number of amides is 1. The third kappa shape index (κ3) is 3.91. The molecule has 1 heterocycles. The summed E-state index contributed by atoms with van der Waals surface area (Å²) in [5, 5.41) is 19.1. The van der Waals surface area contributed by atoms with Gasteiger partial charge in [-0.15, -0.1) is 0 Å². The van der Waals surface area contributed by atoms with Crippen molar-refractivity contribution in [3.05, 3.63) is 62.1 Å². The second-order valence-electron chi connectivity index (χ2n) is 5.44. The molecule has 2 N–H and O–H groups in total. The Balaban J connectivity index is 1.91. The number of carbonyl (C=O) groups is 2. The van der Waals surface area contributed by atoms with E-state index >= 15 is 0 Å². The molecule has 2 aromatic carbocycles. The van der Waals surface area contributed by atoms with Crippen LogP contribution in [0, 0.1) is 3.57 Å². The first-order valence-corrected chi connectivity index (χ1v) is 9.33. The fourth-order valence-corrected chi connectivity index (χ4v) is 3.76. The van der Waals surface area contributed by atoms with Gasteiger partial charge in [0.05, 0.1) is 19.7 Å². The fraction of sp³-hybridized carbons (Fsp3) is 0.0556. The molecular weight excluding hydrogens is 467 g/mol. The molecule has 0 radical (unpaired) electrons. The molecule has 0 aromatic heterocycles. The molecule has 0 aliphatic carbocycles. The summed E-state index contributed by atoms with van der Waals surface area (Å²) in [6, 6.07) is 11.3. The number of thioether (sulfide) groups is 1. The van der Waals surface area contributed by atoms with Gasteiger partial charge in [-0.3, -0.25) is 9.69 Å². The van der Waals surface area contributed by atoms with Gasteiger partial charge in [0, 0.05) is 7.05 Å². The van der Waals surface area contributed by atoms with Crippen LogP contribution in [0.15, 0.2) is 52.4 Å². The van der Waals surface area contributed by atoms with Crippen molar-refractivity contribution in [1.29, 1.82) is 0 Å². The molecule has 132 valence electrons. The zero-order valence-corrected chi connectivity index (χ0v) is 16.5. The van der Waals surface area contributed by atoms with Crippen LogP contribution in [0.4, 0.5) is 5.69 Å². The number of amidine groups is 1. The number of likely N-dealkylation sites (N-methyl/N-ethyl adjacent to an activating group) is 1. The lowest BCUT2D eigenvalue weighted by Gasteiger charge is -2.07. The van der Waals surface area contributed by atoms with Gasteiger partial charge in [-0.1, -0.05) is 12.1 Å². The fourth-order valence-electron chi connectivity index (χ4n) is 2.23. The number of carboxylic acid groups (broad SMARTS) is 1. The topological polar surface area (TPSA) is 90.2 Å². The molecule has 0 unspecified atom stereocenters. The summed E-state index contributed by atoms with van der Waals surface area (Å²) in [5.41, 5.74) is 1.40. The highest BCUT2D eigenvalue weighted by molar-refractivity contribution is 14.1. The number of carboxylic acids is 1. The van der Waals surface area contributed by atoms with Gasteiger partial charge in [0.15, 0.2) is 5.17 Å². The number of aromatic hydroxyl groups is 1. The Kier molecular flexibility index (Phi) is 5.33. The smallest absolute Gasteiger partial charge is 0.335 e. The Morgan fingerprint density at radius 2 is 2.04 bits per heavy atom. The lowest BCUT2D eigenvalue weighted by atomic mass is 10.2. The molecule has 6 nitrogen and oxygen atoms in total. The predicted octanol–water partition coefficient (Wildman–Crippen LogP) is 3.93. The van der Waals surface area contributed by atoms with E-state index in [1.807, 2.05) is 22.6 Å². The number of phenols is 1. The molecule has 0 bridgehead atoms. The number of hydrogen-bond donors (Lipinski definition) is 2. The first-order chi connectivity index (χ1) is 12.3. The van der Waals surface area contributed by atoms with Crippen LogP contribution in [0.25, 0.3) is 6.08 Å².